The second-order valence-corrected chi connectivity index (χ2v) is 8.30. The summed E-state index contributed by atoms with van der Waals surface area (Å²) < 4.78 is 20.7. The van der Waals surface area contributed by atoms with Crippen molar-refractivity contribution >= 4 is 22.6 Å². The molecule has 1 aliphatic rings. The maximum Gasteiger partial charge on any atom is 0.241 e. The first-order chi connectivity index (χ1) is 16.2. The molecule has 6 nitrogen and oxygen atoms in total. The molecule has 0 radical (unpaired) electrons. The quantitative estimate of drug-likeness (QED) is 0.400. The highest BCUT2D eigenvalue weighted by Gasteiger charge is 2.30. The van der Waals surface area contributed by atoms with Gasteiger partial charge in [-0.3, -0.25) is 4.79 Å². The Morgan fingerprint density at radius 1 is 1.12 bits per heavy atom. The Labute approximate surface area is 191 Å². The van der Waals surface area contributed by atoms with Crippen molar-refractivity contribution < 1.29 is 13.9 Å². The fraction of sp³-hybridized carbons (Fsp3) is 0.231. The highest BCUT2D eigenvalue weighted by Crippen LogP contribution is 2.23. The second kappa shape index (κ2) is 9.52. The van der Waals surface area contributed by atoms with Gasteiger partial charge in [0, 0.05) is 36.4 Å². The summed E-state index contributed by atoms with van der Waals surface area (Å²) in [6.45, 7) is 1.12. The number of rotatable bonds is 7. The number of hydrogen-bond acceptors (Lipinski definition) is 4. The van der Waals surface area contributed by atoms with Gasteiger partial charge in [-0.1, -0.05) is 36.4 Å². The molecule has 33 heavy (non-hydrogen) atoms. The lowest BCUT2D eigenvalue weighted by Gasteiger charge is -2.13. The molecule has 0 bridgehead atoms. The van der Waals surface area contributed by atoms with Gasteiger partial charge in [-0.15, -0.1) is 0 Å². The maximum absolute atomic E-state index is 14.8. The fourth-order valence-corrected chi connectivity index (χ4v) is 4.19. The van der Waals surface area contributed by atoms with Crippen molar-refractivity contribution in [1.29, 1.82) is 0 Å². The number of carbonyl (C=O) groups excluding carboxylic acids is 1. The number of carbonyl (C=O) groups is 1. The summed E-state index contributed by atoms with van der Waals surface area (Å²) in [6, 6.07) is 18.3. The predicted octanol–water partition coefficient (Wildman–Crippen LogP) is 4.18. The van der Waals surface area contributed by atoms with Crippen molar-refractivity contribution in [2.24, 2.45) is 0 Å². The first-order valence-corrected chi connectivity index (χ1v) is 11.0. The van der Waals surface area contributed by atoms with E-state index in [0.717, 1.165) is 22.2 Å². The van der Waals surface area contributed by atoms with Gasteiger partial charge in [0.1, 0.15) is 11.5 Å². The Morgan fingerprint density at radius 3 is 2.85 bits per heavy atom. The minimum Gasteiger partial charge on any atom is -0.372 e. The van der Waals surface area contributed by atoms with Crippen LogP contribution in [-0.2, 0) is 22.6 Å². The van der Waals surface area contributed by atoms with E-state index in [4.69, 9.17) is 4.74 Å². The number of benzene rings is 2. The molecular formula is C26H25FN4O2. The summed E-state index contributed by atoms with van der Waals surface area (Å²) >= 11 is 0. The molecule has 7 heteroatoms. The van der Waals surface area contributed by atoms with E-state index in [1.807, 2.05) is 48.7 Å². The molecule has 0 spiro atoms. The van der Waals surface area contributed by atoms with Crippen molar-refractivity contribution in [1.82, 2.24) is 15.3 Å². The summed E-state index contributed by atoms with van der Waals surface area (Å²) in [6.07, 6.45) is 4.53. The third kappa shape index (κ3) is 4.94. The predicted molar refractivity (Wildman–Crippen MR) is 125 cm³/mol. The Hall–Kier alpha value is -3.55. The lowest BCUT2D eigenvalue weighted by atomic mass is 10.0. The topological polar surface area (TPSA) is 79.0 Å². The summed E-state index contributed by atoms with van der Waals surface area (Å²) in [5.74, 6) is -0.534. The fourth-order valence-electron chi connectivity index (χ4n) is 4.19. The van der Waals surface area contributed by atoms with Crippen LogP contribution in [0.2, 0.25) is 0 Å². The van der Waals surface area contributed by atoms with Gasteiger partial charge in [0.25, 0.3) is 0 Å². The highest BCUT2D eigenvalue weighted by atomic mass is 19.1. The molecule has 1 saturated heterocycles. The van der Waals surface area contributed by atoms with E-state index in [1.54, 1.807) is 18.3 Å². The lowest BCUT2D eigenvalue weighted by molar-refractivity contribution is -0.118. The molecule has 168 valence electrons. The molecule has 3 N–H and O–H groups in total. The number of nitrogens with one attached hydrogen (secondary N) is 3. The van der Waals surface area contributed by atoms with Crippen LogP contribution in [-0.4, -0.2) is 34.6 Å². The Balaban J connectivity index is 1.17. The second-order valence-electron chi connectivity index (χ2n) is 8.30. The van der Waals surface area contributed by atoms with E-state index in [1.165, 1.54) is 6.07 Å². The number of halogens is 1. The van der Waals surface area contributed by atoms with Gasteiger partial charge >= 0.3 is 0 Å². The van der Waals surface area contributed by atoms with E-state index in [2.05, 4.69) is 20.6 Å². The minimum absolute atomic E-state index is 0.0364. The van der Waals surface area contributed by atoms with Gasteiger partial charge in [-0.25, -0.2) is 9.37 Å². The number of aromatic amines is 1. The summed E-state index contributed by atoms with van der Waals surface area (Å²) in [5, 5.41) is 7.00. The van der Waals surface area contributed by atoms with Crippen molar-refractivity contribution in [3.05, 3.63) is 95.6 Å². The molecule has 0 aliphatic carbocycles. The highest BCUT2D eigenvalue weighted by molar-refractivity contribution is 5.95. The summed E-state index contributed by atoms with van der Waals surface area (Å²) in [7, 11) is 0. The van der Waals surface area contributed by atoms with Gasteiger partial charge < -0.3 is 20.4 Å². The smallest absolute Gasteiger partial charge is 0.241 e. The zero-order valence-electron chi connectivity index (χ0n) is 18.1. The van der Waals surface area contributed by atoms with Gasteiger partial charge in [0.2, 0.25) is 5.91 Å². The lowest BCUT2D eigenvalue weighted by Crippen LogP contribution is -2.35. The average Bonchev–Trinajstić information content (AvgIpc) is 3.50. The van der Waals surface area contributed by atoms with Crippen LogP contribution in [0.5, 0.6) is 0 Å². The van der Waals surface area contributed by atoms with E-state index in [-0.39, 0.29) is 23.9 Å². The van der Waals surface area contributed by atoms with E-state index >= 15 is 0 Å². The Morgan fingerprint density at radius 2 is 2.00 bits per heavy atom. The molecule has 4 aromatic rings. The van der Waals surface area contributed by atoms with E-state index in [0.29, 0.717) is 37.2 Å². The minimum atomic E-state index is -0.368. The van der Waals surface area contributed by atoms with Crippen LogP contribution in [0.1, 0.15) is 23.1 Å². The summed E-state index contributed by atoms with van der Waals surface area (Å²) in [5.41, 5.74) is 3.89. The average molecular weight is 445 g/mol. The largest absolute Gasteiger partial charge is 0.372 e. The van der Waals surface area contributed by atoms with E-state index in [9.17, 15) is 9.18 Å². The van der Waals surface area contributed by atoms with Crippen LogP contribution in [0.4, 0.5) is 10.1 Å². The first-order valence-electron chi connectivity index (χ1n) is 11.0. The molecule has 0 unspecified atom stereocenters. The number of H-pyrrole nitrogens is 1. The van der Waals surface area contributed by atoms with Gasteiger partial charge in [-0.2, -0.15) is 0 Å². The normalized spacial score (nSPS) is 18.0. The van der Waals surface area contributed by atoms with Gasteiger partial charge in [-0.05, 0) is 47.4 Å². The molecule has 0 saturated carbocycles. The maximum atomic E-state index is 14.8. The third-order valence-corrected chi connectivity index (χ3v) is 5.99. The van der Waals surface area contributed by atoms with E-state index < -0.39 is 0 Å². The molecule has 2 atom stereocenters. The number of fused-ring (bicyclic) bond motifs is 1. The molecule has 3 heterocycles. The standard InChI is InChI=1S/C26H25FN4O2/c27-23-13-20(7-6-19(23)12-18-8-10-28-25-22(18)9-11-29-25)31-26(32)24-14-21(15-30-24)33-16-17-4-2-1-3-5-17/h1-11,13,21,24,30H,12,14-16H2,(H,28,29)(H,31,32)/t21-,24+/m1/s1. The number of nitrogens with zero attached hydrogens (tertiary/aromatic N) is 1. The van der Waals surface area contributed by atoms with Crippen molar-refractivity contribution in [2.75, 3.05) is 11.9 Å². The number of pyridine rings is 1. The van der Waals surface area contributed by atoms with Crippen molar-refractivity contribution in [3.63, 3.8) is 0 Å². The zero-order valence-corrected chi connectivity index (χ0v) is 18.1. The van der Waals surface area contributed by atoms with Crippen LogP contribution in [0, 0.1) is 5.82 Å². The van der Waals surface area contributed by atoms with Crippen LogP contribution in [0.15, 0.2) is 73.1 Å². The molecule has 1 aliphatic heterocycles. The van der Waals surface area contributed by atoms with Crippen LogP contribution >= 0.6 is 0 Å². The van der Waals surface area contributed by atoms with Crippen LogP contribution in [0.25, 0.3) is 11.0 Å². The molecule has 1 fully saturated rings. The molecular weight excluding hydrogens is 419 g/mol. The molecule has 5 rings (SSSR count). The number of anilines is 1. The number of ether oxygens (including phenoxy) is 1. The zero-order chi connectivity index (χ0) is 22.6. The first kappa shape index (κ1) is 21.3. The van der Waals surface area contributed by atoms with Crippen molar-refractivity contribution in [2.45, 2.75) is 31.6 Å². The van der Waals surface area contributed by atoms with Gasteiger partial charge in [0.15, 0.2) is 0 Å². The van der Waals surface area contributed by atoms with Crippen LogP contribution in [0.3, 0.4) is 0 Å². The molecule has 2 aromatic carbocycles. The summed E-state index contributed by atoms with van der Waals surface area (Å²) in [4.78, 5) is 20.0. The number of aromatic nitrogens is 2. The SMILES string of the molecule is O=C(Nc1ccc(Cc2ccnc3[nH]ccc23)c(F)c1)[C@@H]1C[C@@H](OCc2ccccc2)CN1. The number of amides is 1. The Bertz CT molecular complexity index is 1260. The van der Waals surface area contributed by atoms with Gasteiger partial charge in [0.05, 0.1) is 18.8 Å². The third-order valence-electron chi connectivity index (χ3n) is 5.99. The molecule has 2 aromatic heterocycles. The van der Waals surface area contributed by atoms with Crippen molar-refractivity contribution in [3.8, 4) is 0 Å². The van der Waals surface area contributed by atoms with Crippen LogP contribution < -0.4 is 10.6 Å². The Kier molecular flexibility index (Phi) is 6.15. The number of hydrogen-bond donors (Lipinski definition) is 3. The monoisotopic (exact) mass is 444 g/mol. The molecule has 1 amide bonds.